The van der Waals surface area contributed by atoms with Crippen molar-refractivity contribution in [3.05, 3.63) is 6.20 Å². The predicted molar refractivity (Wildman–Crippen MR) is 96.7 cm³/mol. The Labute approximate surface area is 158 Å². The Morgan fingerprint density at radius 3 is 2.48 bits per heavy atom. The Morgan fingerprint density at radius 2 is 1.81 bits per heavy atom. The number of amides is 1. The molecule has 1 amide bonds. The highest BCUT2D eigenvalue weighted by Gasteiger charge is 2.40. The summed E-state index contributed by atoms with van der Waals surface area (Å²) in [7, 11) is 0. The summed E-state index contributed by atoms with van der Waals surface area (Å²) in [5.74, 6) is 1.02. The van der Waals surface area contributed by atoms with Crippen LogP contribution in [0.25, 0.3) is 0 Å². The average Bonchev–Trinajstić information content (AvgIpc) is 3.17. The highest BCUT2D eigenvalue weighted by atomic mass is 16.7. The minimum atomic E-state index is -0.400. The number of hydrogen-bond donors (Lipinski definition) is 0. The largest absolute Gasteiger partial charge is 0.450 e. The van der Waals surface area contributed by atoms with E-state index in [2.05, 4.69) is 20.0 Å². The lowest BCUT2D eigenvalue weighted by Crippen LogP contribution is -2.49. The number of aromatic nitrogens is 3. The van der Waals surface area contributed by atoms with Gasteiger partial charge in [-0.25, -0.2) is 4.79 Å². The molecule has 0 unspecified atom stereocenters. The van der Waals surface area contributed by atoms with Gasteiger partial charge in [0.05, 0.1) is 26.0 Å². The van der Waals surface area contributed by atoms with Crippen molar-refractivity contribution in [2.24, 2.45) is 0 Å². The summed E-state index contributed by atoms with van der Waals surface area (Å²) in [5.41, 5.74) is 0. The molecule has 0 N–H and O–H groups in total. The Hall–Kier alpha value is -2.20. The molecule has 0 radical (unpaired) electrons. The Balaban J connectivity index is 1.35. The molecule has 0 bridgehead atoms. The van der Waals surface area contributed by atoms with Crippen LogP contribution >= 0.6 is 0 Å². The summed E-state index contributed by atoms with van der Waals surface area (Å²) >= 11 is 0. The summed E-state index contributed by atoms with van der Waals surface area (Å²) in [5, 5.41) is 8.33. The summed E-state index contributed by atoms with van der Waals surface area (Å²) in [4.78, 5) is 22.5. The summed E-state index contributed by atoms with van der Waals surface area (Å²) in [6, 6.07) is 0. The van der Waals surface area contributed by atoms with E-state index in [4.69, 9.17) is 19.2 Å². The van der Waals surface area contributed by atoms with Gasteiger partial charge in [0.2, 0.25) is 5.95 Å². The van der Waals surface area contributed by atoms with Gasteiger partial charge in [-0.1, -0.05) is 0 Å². The lowest BCUT2D eigenvalue weighted by Gasteiger charge is -2.38. The maximum absolute atomic E-state index is 11.8. The van der Waals surface area contributed by atoms with Crippen LogP contribution in [0.4, 0.5) is 16.6 Å². The number of ether oxygens (including phenoxy) is 3. The maximum Gasteiger partial charge on any atom is 0.409 e. The monoisotopic (exact) mass is 378 g/mol. The summed E-state index contributed by atoms with van der Waals surface area (Å²) in [6.45, 7) is 7.69. The Kier molecular flexibility index (Phi) is 5.26. The fraction of sp³-hybridized carbons (Fsp3) is 0.765. The first kappa shape index (κ1) is 18.2. The van der Waals surface area contributed by atoms with Crippen molar-refractivity contribution >= 4 is 17.9 Å². The second kappa shape index (κ2) is 7.81. The molecular weight excluding hydrogens is 352 g/mol. The smallest absolute Gasteiger partial charge is 0.409 e. The van der Waals surface area contributed by atoms with Gasteiger partial charge in [-0.3, -0.25) is 0 Å². The minimum absolute atomic E-state index is 0.261. The van der Waals surface area contributed by atoms with E-state index in [0.29, 0.717) is 51.9 Å². The van der Waals surface area contributed by atoms with Gasteiger partial charge in [0, 0.05) is 52.1 Å². The SMILES string of the molecule is CCOC(=O)N1CCN(c2nncc(N3CCC4(CC3)OCCO4)n2)CC1. The zero-order chi connectivity index (χ0) is 18.7. The number of carbonyl (C=O) groups excluding carboxylic acids is 1. The van der Waals surface area contributed by atoms with Crippen molar-refractivity contribution in [3.63, 3.8) is 0 Å². The quantitative estimate of drug-likeness (QED) is 0.745. The lowest BCUT2D eigenvalue weighted by atomic mass is 10.0. The van der Waals surface area contributed by atoms with Gasteiger partial charge in [0.25, 0.3) is 0 Å². The van der Waals surface area contributed by atoms with Crippen LogP contribution in [-0.4, -0.2) is 91.1 Å². The normalized spacial score (nSPS) is 22.3. The molecule has 10 heteroatoms. The van der Waals surface area contributed by atoms with Crippen molar-refractivity contribution in [3.8, 4) is 0 Å². The molecule has 0 aliphatic carbocycles. The zero-order valence-electron chi connectivity index (χ0n) is 15.7. The predicted octanol–water partition coefficient (Wildman–Crippen LogP) is 0.493. The number of hydrogen-bond acceptors (Lipinski definition) is 9. The van der Waals surface area contributed by atoms with E-state index in [0.717, 1.165) is 31.7 Å². The molecular formula is C17H26N6O4. The molecule has 0 aromatic carbocycles. The van der Waals surface area contributed by atoms with Gasteiger partial charge >= 0.3 is 6.09 Å². The third kappa shape index (κ3) is 3.91. The number of carbonyl (C=O) groups is 1. The van der Waals surface area contributed by atoms with Crippen molar-refractivity contribution in [2.75, 3.05) is 68.9 Å². The van der Waals surface area contributed by atoms with E-state index in [1.165, 1.54) is 0 Å². The van der Waals surface area contributed by atoms with E-state index in [1.54, 1.807) is 11.1 Å². The van der Waals surface area contributed by atoms with Crippen LogP contribution in [0.3, 0.4) is 0 Å². The van der Waals surface area contributed by atoms with Crippen LogP contribution < -0.4 is 9.80 Å². The van der Waals surface area contributed by atoms with Crippen LogP contribution in [0.1, 0.15) is 19.8 Å². The van der Waals surface area contributed by atoms with E-state index in [-0.39, 0.29) is 6.09 Å². The molecule has 3 aliphatic rings. The molecule has 1 spiro atoms. The maximum atomic E-state index is 11.8. The molecule has 4 heterocycles. The molecule has 0 atom stereocenters. The number of piperidine rings is 1. The molecule has 27 heavy (non-hydrogen) atoms. The third-order valence-corrected chi connectivity index (χ3v) is 5.29. The number of rotatable bonds is 3. The van der Waals surface area contributed by atoms with Crippen LogP contribution in [-0.2, 0) is 14.2 Å². The lowest BCUT2D eigenvalue weighted by molar-refractivity contribution is -0.169. The standard InChI is InChI=1S/C17H26N6O4/c1-2-25-16(24)23-9-7-22(8-10-23)15-19-14(13-18-20-15)21-5-3-17(4-6-21)26-11-12-27-17/h13H,2-12H2,1H3. The van der Waals surface area contributed by atoms with Gasteiger partial charge in [-0.05, 0) is 6.92 Å². The van der Waals surface area contributed by atoms with Crippen molar-refractivity contribution < 1.29 is 19.0 Å². The Bertz CT molecular complexity index is 651. The first-order valence-electron chi connectivity index (χ1n) is 9.58. The van der Waals surface area contributed by atoms with E-state index < -0.39 is 5.79 Å². The van der Waals surface area contributed by atoms with Crippen LogP contribution in [0.5, 0.6) is 0 Å². The highest BCUT2D eigenvalue weighted by molar-refractivity contribution is 5.68. The summed E-state index contributed by atoms with van der Waals surface area (Å²) in [6.07, 6.45) is 3.09. The van der Waals surface area contributed by atoms with Crippen LogP contribution in [0.15, 0.2) is 6.20 Å². The molecule has 148 valence electrons. The van der Waals surface area contributed by atoms with Gasteiger partial charge in [0.15, 0.2) is 11.6 Å². The van der Waals surface area contributed by atoms with Crippen molar-refractivity contribution in [1.29, 1.82) is 0 Å². The number of piperazine rings is 1. The van der Waals surface area contributed by atoms with Gasteiger partial charge < -0.3 is 28.9 Å². The molecule has 3 fully saturated rings. The van der Waals surface area contributed by atoms with Crippen LogP contribution in [0.2, 0.25) is 0 Å². The molecule has 3 aliphatic heterocycles. The molecule has 1 aromatic heterocycles. The Morgan fingerprint density at radius 1 is 1.11 bits per heavy atom. The van der Waals surface area contributed by atoms with Gasteiger partial charge in [-0.2, -0.15) is 10.1 Å². The van der Waals surface area contributed by atoms with E-state index in [1.807, 2.05) is 6.92 Å². The molecule has 10 nitrogen and oxygen atoms in total. The molecule has 1 aromatic rings. The number of anilines is 2. The molecule has 0 saturated carbocycles. The minimum Gasteiger partial charge on any atom is -0.450 e. The van der Waals surface area contributed by atoms with Crippen molar-refractivity contribution in [1.82, 2.24) is 20.1 Å². The average molecular weight is 378 g/mol. The fourth-order valence-electron chi connectivity index (χ4n) is 3.74. The van der Waals surface area contributed by atoms with Crippen LogP contribution in [0, 0.1) is 0 Å². The third-order valence-electron chi connectivity index (χ3n) is 5.29. The van der Waals surface area contributed by atoms with E-state index >= 15 is 0 Å². The first-order chi connectivity index (χ1) is 13.2. The first-order valence-corrected chi connectivity index (χ1v) is 9.58. The molecule has 3 saturated heterocycles. The number of nitrogens with zero attached hydrogens (tertiary/aromatic N) is 6. The summed E-state index contributed by atoms with van der Waals surface area (Å²) < 4.78 is 16.6. The molecule has 4 rings (SSSR count). The topological polar surface area (TPSA) is 93.2 Å². The fourth-order valence-corrected chi connectivity index (χ4v) is 3.74. The highest BCUT2D eigenvalue weighted by Crippen LogP contribution is 2.32. The second-order valence-electron chi connectivity index (χ2n) is 6.88. The second-order valence-corrected chi connectivity index (χ2v) is 6.88. The zero-order valence-corrected chi connectivity index (χ0v) is 15.7. The van der Waals surface area contributed by atoms with Gasteiger partial charge in [-0.15, -0.1) is 5.10 Å². The van der Waals surface area contributed by atoms with Crippen molar-refractivity contribution in [2.45, 2.75) is 25.6 Å². The van der Waals surface area contributed by atoms with Gasteiger partial charge in [0.1, 0.15) is 0 Å². The van der Waals surface area contributed by atoms with E-state index in [9.17, 15) is 4.79 Å².